The van der Waals surface area contributed by atoms with Gasteiger partial charge in [-0.05, 0) is 31.5 Å². The minimum absolute atomic E-state index is 0.0440. The van der Waals surface area contributed by atoms with Gasteiger partial charge in [-0.25, -0.2) is 14.3 Å². The van der Waals surface area contributed by atoms with E-state index in [1.165, 1.54) is 10.9 Å². The Bertz CT molecular complexity index is 1180. The number of amides is 2. The molecule has 2 amide bonds. The molecule has 9 heteroatoms. The summed E-state index contributed by atoms with van der Waals surface area (Å²) in [6, 6.07) is 14.7. The van der Waals surface area contributed by atoms with Gasteiger partial charge in [0, 0.05) is 18.0 Å². The fourth-order valence-electron chi connectivity index (χ4n) is 4.24. The smallest absolute Gasteiger partial charge is 0.343 e. The molecular weight excluding hydrogens is 460 g/mol. The average Bonchev–Trinajstić information content (AvgIpc) is 3.54. The van der Waals surface area contributed by atoms with Gasteiger partial charge in [0.2, 0.25) is 6.79 Å². The summed E-state index contributed by atoms with van der Waals surface area (Å²) in [5.74, 6) is 1.21. The van der Waals surface area contributed by atoms with E-state index in [1.54, 1.807) is 6.92 Å². The van der Waals surface area contributed by atoms with Crippen molar-refractivity contribution in [1.82, 2.24) is 15.1 Å². The highest BCUT2D eigenvalue weighted by Gasteiger charge is 2.25. The van der Waals surface area contributed by atoms with Crippen LogP contribution in [0.15, 0.2) is 54.7 Å². The number of nitrogens with one attached hydrogen (secondary N) is 2. The average molecular weight is 493 g/mol. The predicted molar refractivity (Wildman–Crippen MR) is 136 cm³/mol. The lowest BCUT2D eigenvalue weighted by atomic mass is 9.92. The Morgan fingerprint density at radius 2 is 1.92 bits per heavy atom. The number of hydrogen-bond acceptors (Lipinski definition) is 6. The molecule has 4 rings (SSSR count). The monoisotopic (exact) mass is 492 g/mol. The minimum Gasteiger partial charge on any atom is -0.462 e. The zero-order chi connectivity index (χ0) is 25.3. The van der Waals surface area contributed by atoms with Gasteiger partial charge in [0.1, 0.15) is 5.56 Å². The Hall–Kier alpha value is -4.01. The first-order chi connectivity index (χ1) is 17.6. The molecule has 2 N–H and O–H groups in total. The number of rotatable bonds is 11. The van der Waals surface area contributed by atoms with Crippen molar-refractivity contribution in [2.45, 2.75) is 45.4 Å². The van der Waals surface area contributed by atoms with Gasteiger partial charge >= 0.3 is 12.0 Å². The van der Waals surface area contributed by atoms with Crippen molar-refractivity contribution >= 4 is 17.8 Å². The summed E-state index contributed by atoms with van der Waals surface area (Å²) in [4.78, 5) is 25.6. The maximum Gasteiger partial charge on any atom is 0.343 e. The minimum atomic E-state index is -0.551. The summed E-state index contributed by atoms with van der Waals surface area (Å²) in [6.07, 6.45) is 5.53. The molecule has 0 saturated heterocycles. The van der Waals surface area contributed by atoms with Crippen LogP contribution in [-0.4, -0.2) is 41.7 Å². The fourth-order valence-corrected chi connectivity index (χ4v) is 4.24. The molecule has 0 fully saturated rings. The van der Waals surface area contributed by atoms with Crippen LogP contribution in [0, 0.1) is 0 Å². The van der Waals surface area contributed by atoms with Crippen molar-refractivity contribution in [2.75, 3.05) is 25.3 Å². The third kappa shape index (κ3) is 5.79. The normalized spacial score (nSPS) is 12.7. The quantitative estimate of drug-likeness (QED) is 0.279. The molecular formula is C27H32N4O5. The summed E-state index contributed by atoms with van der Waals surface area (Å²) < 4.78 is 17.9. The molecule has 2 heterocycles. The van der Waals surface area contributed by atoms with Crippen LogP contribution < -0.4 is 20.1 Å². The van der Waals surface area contributed by atoms with Gasteiger partial charge in [-0.1, -0.05) is 56.5 Å². The molecule has 1 aliphatic heterocycles. The third-order valence-electron chi connectivity index (χ3n) is 6.03. The van der Waals surface area contributed by atoms with E-state index in [2.05, 4.69) is 22.7 Å². The maximum absolute atomic E-state index is 13.1. The van der Waals surface area contributed by atoms with Crippen molar-refractivity contribution in [3.05, 3.63) is 65.9 Å². The van der Waals surface area contributed by atoms with Crippen LogP contribution in [0.4, 0.5) is 10.6 Å². The molecule has 1 atom stereocenters. The van der Waals surface area contributed by atoms with E-state index in [-0.39, 0.29) is 30.7 Å². The lowest BCUT2D eigenvalue weighted by Gasteiger charge is -2.20. The molecule has 1 aromatic heterocycles. The van der Waals surface area contributed by atoms with Crippen LogP contribution in [0.2, 0.25) is 0 Å². The number of carbonyl (C=O) groups is 2. The summed E-state index contributed by atoms with van der Waals surface area (Å²) in [6.45, 7) is 4.70. The van der Waals surface area contributed by atoms with Crippen molar-refractivity contribution in [2.24, 2.45) is 0 Å². The molecule has 0 bridgehead atoms. The van der Waals surface area contributed by atoms with Crippen LogP contribution in [0.5, 0.6) is 11.5 Å². The molecule has 2 aromatic carbocycles. The first-order valence-electron chi connectivity index (χ1n) is 12.4. The van der Waals surface area contributed by atoms with E-state index < -0.39 is 12.0 Å². The number of unbranched alkanes of at least 4 members (excludes halogenated alkanes) is 2. The van der Waals surface area contributed by atoms with Crippen LogP contribution in [-0.2, 0) is 4.74 Å². The first kappa shape index (κ1) is 25.1. The van der Waals surface area contributed by atoms with Gasteiger partial charge in [-0.2, -0.15) is 5.10 Å². The summed E-state index contributed by atoms with van der Waals surface area (Å²) in [5, 5.41) is 10.1. The first-order valence-corrected chi connectivity index (χ1v) is 12.4. The second-order valence-corrected chi connectivity index (χ2v) is 8.48. The van der Waals surface area contributed by atoms with Crippen LogP contribution in [0.25, 0.3) is 5.69 Å². The van der Waals surface area contributed by atoms with Gasteiger partial charge in [0.15, 0.2) is 17.3 Å². The topological polar surface area (TPSA) is 104 Å². The van der Waals surface area contributed by atoms with Crippen molar-refractivity contribution in [1.29, 1.82) is 0 Å². The van der Waals surface area contributed by atoms with Crippen molar-refractivity contribution in [3.63, 3.8) is 0 Å². The van der Waals surface area contributed by atoms with E-state index >= 15 is 0 Å². The zero-order valence-corrected chi connectivity index (χ0v) is 20.7. The van der Waals surface area contributed by atoms with Gasteiger partial charge in [-0.3, -0.25) is 5.32 Å². The molecule has 0 spiro atoms. The summed E-state index contributed by atoms with van der Waals surface area (Å²) in [5.41, 5.74) is 1.91. The number of benzene rings is 2. The van der Waals surface area contributed by atoms with Gasteiger partial charge in [0.25, 0.3) is 0 Å². The van der Waals surface area contributed by atoms with Crippen molar-refractivity contribution < 1.29 is 23.8 Å². The second-order valence-electron chi connectivity index (χ2n) is 8.48. The number of nitrogens with zero attached hydrogens (tertiary/aromatic N) is 2. The van der Waals surface area contributed by atoms with Crippen LogP contribution in [0.1, 0.15) is 61.4 Å². The van der Waals surface area contributed by atoms with E-state index in [0.29, 0.717) is 12.2 Å². The molecule has 1 aliphatic rings. The number of hydrogen-bond donors (Lipinski definition) is 2. The number of esters is 1. The van der Waals surface area contributed by atoms with Crippen LogP contribution in [0.3, 0.4) is 0 Å². The lowest BCUT2D eigenvalue weighted by molar-refractivity contribution is 0.0527. The fraction of sp³-hybridized carbons (Fsp3) is 0.370. The molecule has 9 nitrogen and oxygen atoms in total. The number of fused-ring (bicyclic) bond motifs is 1. The number of anilines is 1. The molecule has 0 unspecified atom stereocenters. The lowest BCUT2D eigenvalue weighted by Crippen LogP contribution is -2.33. The largest absolute Gasteiger partial charge is 0.462 e. The van der Waals surface area contributed by atoms with E-state index in [1.807, 2.05) is 48.5 Å². The Morgan fingerprint density at radius 3 is 2.69 bits per heavy atom. The Balaban J connectivity index is 1.52. The number of ether oxygens (including phenoxy) is 3. The van der Waals surface area contributed by atoms with Gasteiger partial charge in [-0.15, -0.1) is 0 Å². The molecule has 190 valence electrons. The molecule has 0 radical (unpaired) electrons. The van der Waals surface area contributed by atoms with Gasteiger partial charge in [0.05, 0.1) is 18.5 Å². The summed E-state index contributed by atoms with van der Waals surface area (Å²) in [7, 11) is 0. The van der Waals surface area contributed by atoms with E-state index in [0.717, 1.165) is 42.7 Å². The van der Waals surface area contributed by atoms with E-state index in [9.17, 15) is 9.59 Å². The van der Waals surface area contributed by atoms with Crippen LogP contribution >= 0.6 is 0 Å². The molecule has 0 saturated carbocycles. The van der Waals surface area contributed by atoms with Gasteiger partial charge < -0.3 is 19.5 Å². The van der Waals surface area contributed by atoms with Crippen molar-refractivity contribution in [3.8, 4) is 17.2 Å². The highest BCUT2D eigenvalue weighted by Crippen LogP contribution is 2.40. The zero-order valence-electron chi connectivity index (χ0n) is 20.7. The number of para-hydroxylation sites is 2. The predicted octanol–water partition coefficient (Wildman–Crippen LogP) is 5.26. The molecule has 3 aromatic rings. The summed E-state index contributed by atoms with van der Waals surface area (Å²) >= 11 is 0. The highest BCUT2D eigenvalue weighted by molar-refractivity contribution is 6.00. The van der Waals surface area contributed by atoms with E-state index in [4.69, 9.17) is 14.2 Å². The number of urea groups is 1. The Kier molecular flexibility index (Phi) is 8.44. The number of aromatic nitrogens is 2. The number of carbonyl (C=O) groups excluding carboxylic acids is 2. The maximum atomic E-state index is 13.1. The third-order valence-corrected chi connectivity index (χ3v) is 6.03. The second kappa shape index (κ2) is 12.1. The SMILES string of the molecule is CCCCC[C@@H](CNC(=O)Nc1c(C(=O)OCC)cnn1-c1ccccc1)c1cccc2c1OCO2. The molecule has 0 aliphatic carbocycles. The standard InChI is InChI=1S/C27H32N4O5/c1-3-5-7-11-19(21-14-10-15-23-24(21)36-18-35-23)16-28-27(33)30-25-22(26(32)34-4-2)17-29-31(25)20-12-8-6-9-13-20/h6,8-10,12-15,17,19H,3-5,7,11,16,18H2,1-2H3,(H2,28,30,33)/t19-/m0/s1. The molecule has 36 heavy (non-hydrogen) atoms. The Morgan fingerprint density at radius 1 is 1.08 bits per heavy atom. The highest BCUT2D eigenvalue weighted by atomic mass is 16.7. The Labute approximate surface area is 210 Å².